The zero-order chi connectivity index (χ0) is 16.9. The highest BCUT2D eigenvalue weighted by molar-refractivity contribution is 6.31. The van der Waals surface area contributed by atoms with Gasteiger partial charge in [0.25, 0.3) is 0 Å². The van der Waals surface area contributed by atoms with E-state index in [1.54, 1.807) is 14.2 Å². The molecule has 1 heterocycles. The highest BCUT2D eigenvalue weighted by atomic mass is 35.5. The smallest absolute Gasteiger partial charge is 0.162 e. The Hall–Kier alpha value is -2.37. The molecule has 0 saturated heterocycles. The SMILES string of the molecule is COCCNc1nc(-c2ccc(OC)cc2)nc2cc(Cl)ccc12. The van der Waals surface area contributed by atoms with Crippen LogP contribution in [0.2, 0.25) is 5.02 Å². The molecule has 0 unspecified atom stereocenters. The van der Waals surface area contributed by atoms with Gasteiger partial charge in [-0.1, -0.05) is 11.6 Å². The van der Waals surface area contributed by atoms with Gasteiger partial charge in [-0.15, -0.1) is 0 Å². The van der Waals surface area contributed by atoms with Crippen LogP contribution in [-0.2, 0) is 4.74 Å². The van der Waals surface area contributed by atoms with Crippen LogP contribution in [0.1, 0.15) is 0 Å². The quantitative estimate of drug-likeness (QED) is 0.685. The fourth-order valence-electron chi connectivity index (χ4n) is 2.38. The zero-order valence-corrected chi connectivity index (χ0v) is 14.3. The first-order valence-corrected chi connectivity index (χ1v) is 7.93. The molecule has 0 radical (unpaired) electrons. The zero-order valence-electron chi connectivity index (χ0n) is 13.5. The molecule has 5 nitrogen and oxygen atoms in total. The Balaban J connectivity index is 2.06. The average Bonchev–Trinajstić information content (AvgIpc) is 2.61. The lowest BCUT2D eigenvalue weighted by Crippen LogP contribution is -2.10. The molecular formula is C18H18ClN3O2. The lowest BCUT2D eigenvalue weighted by Gasteiger charge is -2.11. The summed E-state index contributed by atoms with van der Waals surface area (Å²) < 4.78 is 10.3. The van der Waals surface area contributed by atoms with Gasteiger partial charge in [0.15, 0.2) is 5.82 Å². The van der Waals surface area contributed by atoms with Gasteiger partial charge in [0.05, 0.1) is 19.2 Å². The lowest BCUT2D eigenvalue weighted by atomic mass is 10.1. The molecular weight excluding hydrogens is 326 g/mol. The number of benzene rings is 2. The monoisotopic (exact) mass is 343 g/mol. The van der Waals surface area contributed by atoms with Gasteiger partial charge in [-0.25, -0.2) is 9.97 Å². The van der Waals surface area contributed by atoms with Crippen molar-refractivity contribution in [2.75, 3.05) is 32.7 Å². The number of hydrogen-bond acceptors (Lipinski definition) is 5. The molecule has 6 heteroatoms. The van der Waals surface area contributed by atoms with Crippen LogP contribution >= 0.6 is 11.6 Å². The number of nitrogens with one attached hydrogen (secondary N) is 1. The van der Waals surface area contributed by atoms with Crippen molar-refractivity contribution >= 4 is 28.3 Å². The van der Waals surface area contributed by atoms with Crippen LogP contribution in [0.4, 0.5) is 5.82 Å². The molecule has 0 aliphatic carbocycles. The number of nitrogens with zero attached hydrogens (tertiary/aromatic N) is 2. The molecule has 0 atom stereocenters. The first kappa shape index (κ1) is 16.5. The van der Waals surface area contributed by atoms with E-state index >= 15 is 0 Å². The standard InChI is InChI=1S/C18H18ClN3O2/c1-23-10-9-20-18-15-8-5-13(19)11-16(15)21-17(22-18)12-3-6-14(24-2)7-4-12/h3-8,11H,9-10H2,1-2H3,(H,20,21,22). The van der Waals surface area contributed by atoms with Crippen LogP contribution < -0.4 is 10.1 Å². The summed E-state index contributed by atoms with van der Waals surface area (Å²) in [6.45, 7) is 1.25. The van der Waals surface area contributed by atoms with Crippen molar-refractivity contribution in [3.05, 3.63) is 47.5 Å². The van der Waals surface area contributed by atoms with Gasteiger partial charge in [0.2, 0.25) is 0 Å². The highest BCUT2D eigenvalue weighted by Gasteiger charge is 2.10. The average molecular weight is 344 g/mol. The van der Waals surface area contributed by atoms with Crippen molar-refractivity contribution in [2.45, 2.75) is 0 Å². The van der Waals surface area contributed by atoms with E-state index in [0.717, 1.165) is 28.0 Å². The summed E-state index contributed by atoms with van der Waals surface area (Å²) in [6, 6.07) is 13.2. The number of hydrogen-bond donors (Lipinski definition) is 1. The number of aromatic nitrogens is 2. The normalized spacial score (nSPS) is 10.8. The molecule has 2 aromatic carbocycles. The molecule has 1 N–H and O–H groups in total. The Morgan fingerprint density at radius 1 is 1.04 bits per heavy atom. The van der Waals surface area contributed by atoms with Crippen molar-refractivity contribution in [2.24, 2.45) is 0 Å². The van der Waals surface area contributed by atoms with E-state index in [2.05, 4.69) is 15.3 Å². The van der Waals surface area contributed by atoms with Crippen LogP contribution in [0.5, 0.6) is 5.75 Å². The summed E-state index contributed by atoms with van der Waals surface area (Å²) in [5.41, 5.74) is 1.70. The van der Waals surface area contributed by atoms with Crippen molar-refractivity contribution < 1.29 is 9.47 Å². The third kappa shape index (κ3) is 3.58. The summed E-state index contributed by atoms with van der Waals surface area (Å²) in [6.07, 6.45) is 0. The predicted molar refractivity (Wildman–Crippen MR) is 96.9 cm³/mol. The maximum atomic E-state index is 6.12. The first-order valence-electron chi connectivity index (χ1n) is 7.56. The Labute approximate surface area is 145 Å². The molecule has 0 saturated carbocycles. The summed E-state index contributed by atoms with van der Waals surface area (Å²) in [5, 5.41) is 4.86. The van der Waals surface area contributed by atoms with Crippen LogP contribution in [0.15, 0.2) is 42.5 Å². The molecule has 0 aliphatic rings. The van der Waals surface area contributed by atoms with Gasteiger partial charge in [-0.2, -0.15) is 0 Å². The third-order valence-corrected chi connectivity index (χ3v) is 3.84. The summed E-state index contributed by atoms with van der Waals surface area (Å²) in [7, 11) is 3.31. The van der Waals surface area contributed by atoms with Crippen molar-refractivity contribution in [3.8, 4) is 17.1 Å². The fraction of sp³-hybridized carbons (Fsp3) is 0.222. The van der Waals surface area contributed by atoms with Crippen LogP contribution in [0.3, 0.4) is 0 Å². The number of rotatable bonds is 6. The molecule has 0 bridgehead atoms. The summed E-state index contributed by atoms with van der Waals surface area (Å²) in [5.74, 6) is 2.19. The number of ether oxygens (including phenoxy) is 2. The van der Waals surface area contributed by atoms with E-state index in [9.17, 15) is 0 Å². The van der Waals surface area contributed by atoms with Crippen LogP contribution in [-0.4, -0.2) is 37.3 Å². The summed E-state index contributed by atoms with van der Waals surface area (Å²) >= 11 is 6.12. The van der Waals surface area contributed by atoms with E-state index in [0.29, 0.717) is 24.0 Å². The molecule has 124 valence electrons. The fourth-order valence-corrected chi connectivity index (χ4v) is 2.54. The molecule has 0 fully saturated rings. The maximum Gasteiger partial charge on any atom is 0.162 e. The Kier molecular flexibility index (Phi) is 5.13. The summed E-state index contributed by atoms with van der Waals surface area (Å²) in [4.78, 5) is 9.31. The van der Waals surface area contributed by atoms with Gasteiger partial charge in [0, 0.05) is 29.6 Å². The molecule has 0 spiro atoms. The first-order chi connectivity index (χ1) is 11.7. The molecule has 0 amide bonds. The van der Waals surface area contributed by atoms with Gasteiger partial charge < -0.3 is 14.8 Å². The molecule has 24 heavy (non-hydrogen) atoms. The topological polar surface area (TPSA) is 56.3 Å². The molecule has 3 aromatic rings. The lowest BCUT2D eigenvalue weighted by molar-refractivity contribution is 0.210. The third-order valence-electron chi connectivity index (χ3n) is 3.61. The van der Waals surface area contributed by atoms with Crippen molar-refractivity contribution in [1.29, 1.82) is 0 Å². The van der Waals surface area contributed by atoms with Crippen LogP contribution in [0, 0.1) is 0 Å². The largest absolute Gasteiger partial charge is 0.497 e. The van der Waals surface area contributed by atoms with E-state index in [4.69, 9.17) is 21.1 Å². The predicted octanol–water partition coefficient (Wildman–Crippen LogP) is 4.02. The number of methoxy groups -OCH3 is 2. The Morgan fingerprint density at radius 3 is 2.54 bits per heavy atom. The van der Waals surface area contributed by atoms with Gasteiger partial charge >= 0.3 is 0 Å². The van der Waals surface area contributed by atoms with E-state index < -0.39 is 0 Å². The number of fused-ring (bicyclic) bond motifs is 1. The second-order valence-corrected chi connectivity index (χ2v) is 5.64. The molecule has 1 aromatic heterocycles. The Bertz CT molecular complexity index is 838. The maximum absolute atomic E-state index is 6.12. The minimum Gasteiger partial charge on any atom is -0.497 e. The number of halogens is 1. The van der Waals surface area contributed by atoms with Gasteiger partial charge in [0.1, 0.15) is 11.6 Å². The highest BCUT2D eigenvalue weighted by Crippen LogP contribution is 2.27. The second-order valence-electron chi connectivity index (χ2n) is 5.21. The number of anilines is 1. The molecule has 0 aliphatic heterocycles. The van der Waals surface area contributed by atoms with Crippen molar-refractivity contribution in [1.82, 2.24) is 9.97 Å². The minimum absolute atomic E-state index is 0.594. The van der Waals surface area contributed by atoms with Gasteiger partial charge in [-0.3, -0.25) is 0 Å². The van der Waals surface area contributed by atoms with E-state index in [1.807, 2.05) is 42.5 Å². The van der Waals surface area contributed by atoms with E-state index in [1.165, 1.54) is 0 Å². The van der Waals surface area contributed by atoms with E-state index in [-0.39, 0.29) is 0 Å². The Morgan fingerprint density at radius 2 is 1.83 bits per heavy atom. The van der Waals surface area contributed by atoms with Crippen LogP contribution in [0.25, 0.3) is 22.3 Å². The van der Waals surface area contributed by atoms with Gasteiger partial charge in [-0.05, 0) is 42.5 Å². The van der Waals surface area contributed by atoms with Crippen molar-refractivity contribution in [3.63, 3.8) is 0 Å². The molecule has 3 rings (SSSR count). The second kappa shape index (κ2) is 7.47. The minimum atomic E-state index is 0.594.